The summed E-state index contributed by atoms with van der Waals surface area (Å²) in [5.74, 6) is -0.258. The van der Waals surface area contributed by atoms with Crippen molar-refractivity contribution in [2.45, 2.75) is 12.8 Å². The number of hydrogen-bond acceptors (Lipinski definition) is 3. The van der Waals surface area contributed by atoms with Crippen LogP contribution >= 0.6 is 0 Å². The summed E-state index contributed by atoms with van der Waals surface area (Å²) in [4.78, 5) is 14.7. The molecule has 0 amide bonds. The van der Waals surface area contributed by atoms with Gasteiger partial charge in [-0.3, -0.25) is 9.78 Å². The zero-order valence-electron chi connectivity index (χ0n) is 10.4. The van der Waals surface area contributed by atoms with Gasteiger partial charge in [0.25, 0.3) is 0 Å². The van der Waals surface area contributed by atoms with Gasteiger partial charge in [-0.05, 0) is 42.7 Å². The van der Waals surface area contributed by atoms with E-state index in [0.717, 1.165) is 12.8 Å². The van der Waals surface area contributed by atoms with Gasteiger partial charge in [0.15, 0.2) is 6.29 Å². The third-order valence-electron chi connectivity index (χ3n) is 2.75. The van der Waals surface area contributed by atoms with Crippen LogP contribution in [0.3, 0.4) is 0 Å². The lowest BCUT2D eigenvalue weighted by atomic mass is 10.1. The zero-order chi connectivity index (χ0) is 13.5. The maximum Gasteiger partial charge on any atom is 0.156 e. The number of hydrogen-bond donors (Lipinski definition) is 0. The third-order valence-corrected chi connectivity index (χ3v) is 2.75. The van der Waals surface area contributed by atoms with Crippen molar-refractivity contribution in [1.82, 2.24) is 4.98 Å². The monoisotopic (exact) mass is 259 g/mol. The predicted molar refractivity (Wildman–Crippen MR) is 69.8 cm³/mol. The molecule has 0 saturated heterocycles. The summed E-state index contributed by atoms with van der Waals surface area (Å²) in [5, 5.41) is 0. The average Bonchev–Trinajstić information content (AvgIpc) is 2.45. The van der Waals surface area contributed by atoms with Crippen LogP contribution in [0.2, 0.25) is 0 Å². The van der Waals surface area contributed by atoms with E-state index in [1.807, 2.05) is 12.1 Å². The maximum absolute atomic E-state index is 13.3. The quantitative estimate of drug-likeness (QED) is 0.591. The van der Waals surface area contributed by atoms with Crippen molar-refractivity contribution in [2.24, 2.45) is 0 Å². The molecule has 0 atom stereocenters. The van der Waals surface area contributed by atoms with E-state index in [2.05, 4.69) is 4.98 Å². The highest BCUT2D eigenvalue weighted by molar-refractivity contribution is 5.79. The molecule has 1 aromatic heterocycles. The lowest BCUT2D eigenvalue weighted by Gasteiger charge is -2.08. The number of nitrogens with zero attached hydrogens (tertiary/aromatic N) is 1. The highest BCUT2D eigenvalue weighted by Crippen LogP contribution is 2.19. The van der Waals surface area contributed by atoms with E-state index in [0.29, 0.717) is 18.6 Å². The molecule has 1 heterocycles. The summed E-state index contributed by atoms with van der Waals surface area (Å²) in [6.45, 7) is 0.437. The van der Waals surface area contributed by atoms with Gasteiger partial charge in [0.2, 0.25) is 0 Å². The van der Waals surface area contributed by atoms with Crippen molar-refractivity contribution in [2.75, 3.05) is 6.61 Å². The molecule has 0 bridgehead atoms. The van der Waals surface area contributed by atoms with Crippen LogP contribution in [0.15, 0.2) is 42.7 Å². The molecule has 4 heteroatoms. The molecule has 0 N–H and O–H groups in total. The molecule has 2 aromatic rings. The Morgan fingerprint density at radius 2 is 2.00 bits per heavy atom. The fraction of sp³-hybridized carbons (Fsp3) is 0.200. The van der Waals surface area contributed by atoms with Crippen molar-refractivity contribution in [3.05, 3.63) is 59.7 Å². The second kappa shape index (κ2) is 6.64. The summed E-state index contributed by atoms with van der Waals surface area (Å²) < 4.78 is 18.8. The molecule has 0 aliphatic rings. The summed E-state index contributed by atoms with van der Waals surface area (Å²) in [6, 6.07) is 8.26. The fourth-order valence-corrected chi connectivity index (χ4v) is 1.77. The minimum Gasteiger partial charge on any atom is -0.493 e. The number of aromatic nitrogens is 1. The molecular weight excluding hydrogens is 245 g/mol. The van der Waals surface area contributed by atoms with Crippen molar-refractivity contribution < 1.29 is 13.9 Å². The first-order valence-corrected chi connectivity index (χ1v) is 6.06. The number of carbonyl (C=O) groups is 1. The molecule has 0 aliphatic heterocycles. The maximum atomic E-state index is 13.3. The van der Waals surface area contributed by atoms with Crippen molar-refractivity contribution in [3.8, 4) is 5.75 Å². The SMILES string of the molecule is O=Cc1c(F)cccc1OCCCc1ccncc1. The number of aryl methyl sites for hydroxylation is 1. The molecule has 0 saturated carbocycles. The van der Waals surface area contributed by atoms with Gasteiger partial charge in [0, 0.05) is 12.4 Å². The first-order chi connectivity index (χ1) is 9.31. The van der Waals surface area contributed by atoms with Gasteiger partial charge in [-0.2, -0.15) is 0 Å². The Bertz CT molecular complexity index is 543. The molecule has 19 heavy (non-hydrogen) atoms. The Morgan fingerprint density at radius 3 is 2.74 bits per heavy atom. The minimum absolute atomic E-state index is 0.0218. The molecule has 98 valence electrons. The van der Waals surface area contributed by atoms with Gasteiger partial charge in [0.1, 0.15) is 11.6 Å². The highest BCUT2D eigenvalue weighted by Gasteiger charge is 2.07. The van der Waals surface area contributed by atoms with Crippen LogP contribution in [0.1, 0.15) is 22.3 Å². The topological polar surface area (TPSA) is 39.2 Å². The largest absolute Gasteiger partial charge is 0.493 e. The van der Waals surface area contributed by atoms with Crippen molar-refractivity contribution >= 4 is 6.29 Å². The van der Waals surface area contributed by atoms with Gasteiger partial charge < -0.3 is 4.74 Å². The van der Waals surface area contributed by atoms with Crippen molar-refractivity contribution in [1.29, 1.82) is 0 Å². The number of carbonyl (C=O) groups excluding carboxylic acids is 1. The number of aldehydes is 1. The fourth-order valence-electron chi connectivity index (χ4n) is 1.77. The number of rotatable bonds is 6. The van der Waals surface area contributed by atoms with Gasteiger partial charge >= 0.3 is 0 Å². The molecule has 2 rings (SSSR count). The van der Waals surface area contributed by atoms with Gasteiger partial charge in [-0.1, -0.05) is 6.07 Å². The van der Waals surface area contributed by atoms with E-state index in [4.69, 9.17) is 4.74 Å². The van der Waals surface area contributed by atoms with Crippen LogP contribution in [0, 0.1) is 5.82 Å². The summed E-state index contributed by atoms with van der Waals surface area (Å²) >= 11 is 0. The molecule has 3 nitrogen and oxygen atoms in total. The van der Waals surface area contributed by atoms with Gasteiger partial charge in [-0.15, -0.1) is 0 Å². The Hall–Kier alpha value is -2.23. The second-order valence-electron chi connectivity index (χ2n) is 4.08. The smallest absolute Gasteiger partial charge is 0.156 e. The number of halogens is 1. The van der Waals surface area contributed by atoms with E-state index in [-0.39, 0.29) is 5.56 Å². The van der Waals surface area contributed by atoms with Crippen LogP contribution in [-0.2, 0) is 6.42 Å². The van der Waals surface area contributed by atoms with Crippen molar-refractivity contribution in [3.63, 3.8) is 0 Å². The molecular formula is C15H14FNO2. The molecule has 0 aliphatic carbocycles. The van der Waals surface area contributed by atoms with Crippen LogP contribution in [0.5, 0.6) is 5.75 Å². The number of benzene rings is 1. The van der Waals surface area contributed by atoms with Crippen LogP contribution in [-0.4, -0.2) is 17.9 Å². The first-order valence-electron chi connectivity index (χ1n) is 6.06. The van der Waals surface area contributed by atoms with Crippen LogP contribution in [0.25, 0.3) is 0 Å². The third kappa shape index (κ3) is 3.61. The zero-order valence-corrected chi connectivity index (χ0v) is 10.4. The number of pyridine rings is 1. The summed E-state index contributed by atoms with van der Waals surface area (Å²) in [6.07, 6.45) is 5.61. The van der Waals surface area contributed by atoms with E-state index in [1.165, 1.54) is 17.7 Å². The van der Waals surface area contributed by atoms with Gasteiger partial charge in [0.05, 0.1) is 12.2 Å². The lowest BCUT2D eigenvalue weighted by Crippen LogP contribution is -2.02. The molecule has 0 radical (unpaired) electrons. The molecule has 0 unspecified atom stereocenters. The Balaban J connectivity index is 1.86. The minimum atomic E-state index is -0.554. The van der Waals surface area contributed by atoms with Gasteiger partial charge in [-0.25, -0.2) is 4.39 Å². The predicted octanol–water partition coefficient (Wildman–Crippen LogP) is 3.04. The summed E-state index contributed by atoms with van der Waals surface area (Å²) in [5.41, 5.74) is 1.15. The van der Waals surface area contributed by atoms with Crippen LogP contribution < -0.4 is 4.74 Å². The second-order valence-corrected chi connectivity index (χ2v) is 4.08. The standard InChI is InChI=1S/C15H14FNO2/c16-14-4-1-5-15(13(14)11-18)19-10-2-3-12-6-8-17-9-7-12/h1,4-9,11H,2-3,10H2. The molecule has 1 aromatic carbocycles. The van der Waals surface area contributed by atoms with E-state index in [9.17, 15) is 9.18 Å². The Labute approximate surface area is 111 Å². The normalized spacial score (nSPS) is 10.2. The Morgan fingerprint density at radius 1 is 1.21 bits per heavy atom. The van der Waals surface area contributed by atoms with Crippen LogP contribution in [0.4, 0.5) is 4.39 Å². The lowest BCUT2D eigenvalue weighted by molar-refractivity contribution is 0.111. The van der Waals surface area contributed by atoms with E-state index < -0.39 is 5.82 Å². The summed E-state index contributed by atoms with van der Waals surface area (Å²) in [7, 11) is 0. The van der Waals surface area contributed by atoms with E-state index in [1.54, 1.807) is 18.5 Å². The highest BCUT2D eigenvalue weighted by atomic mass is 19.1. The average molecular weight is 259 g/mol. The first kappa shape index (κ1) is 13.2. The molecule has 0 fully saturated rings. The number of ether oxygens (including phenoxy) is 1. The van der Waals surface area contributed by atoms with E-state index >= 15 is 0 Å². The molecule has 0 spiro atoms. The Kier molecular flexibility index (Phi) is 4.61.